The van der Waals surface area contributed by atoms with Gasteiger partial charge in [0.05, 0.1) is 24.6 Å². The van der Waals surface area contributed by atoms with Crippen LogP contribution in [-0.2, 0) is 16.1 Å². The van der Waals surface area contributed by atoms with Crippen molar-refractivity contribution in [1.29, 1.82) is 0 Å². The molecule has 1 heterocycles. The van der Waals surface area contributed by atoms with E-state index in [0.29, 0.717) is 22.3 Å². The predicted molar refractivity (Wildman–Crippen MR) is 120 cm³/mol. The number of hydrogen-bond acceptors (Lipinski definition) is 7. The molecule has 1 aromatic heterocycles. The van der Waals surface area contributed by atoms with Crippen molar-refractivity contribution in [3.05, 3.63) is 64.7 Å². The Labute approximate surface area is 188 Å². The molecule has 0 unspecified atom stereocenters. The van der Waals surface area contributed by atoms with E-state index in [0.717, 1.165) is 17.0 Å². The summed E-state index contributed by atoms with van der Waals surface area (Å²) in [6.07, 6.45) is 1.50. The van der Waals surface area contributed by atoms with E-state index < -0.39 is 5.97 Å². The van der Waals surface area contributed by atoms with E-state index in [1.165, 1.54) is 25.1 Å². The van der Waals surface area contributed by atoms with Gasteiger partial charge < -0.3 is 9.30 Å². The Morgan fingerprint density at radius 2 is 1.87 bits per heavy atom. The highest BCUT2D eigenvalue weighted by Gasteiger charge is 2.14. The average molecular weight is 458 g/mol. The largest absolute Gasteiger partial charge is 0.465 e. The zero-order valence-corrected chi connectivity index (χ0v) is 18.5. The number of carbonyl (C=O) groups is 2. The standard InChI is InChI=1S/C21H20ClN5O3S/c1-3-27-19(15-8-10-17(22)11-9-15)25-26-21(27)31-13-18(28)24-23-12-14-4-6-16(7-5-14)20(29)30-2/h4-12H,3,13H2,1-2H3,(H,24,28). The first-order valence-corrected chi connectivity index (χ1v) is 10.7. The van der Waals surface area contributed by atoms with Crippen LogP contribution in [0.1, 0.15) is 22.8 Å². The number of carbonyl (C=O) groups excluding carboxylic acids is 2. The number of hydrazone groups is 1. The quantitative estimate of drug-likeness (QED) is 0.240. The molecule has 1 amide bonds. The lowest BCUT2D eigenvalue weighted by Crippen LogP contribution is -2.20. The maximum Gasteiger partial charge on any atom is 0.337 e. The van der Waals surface area contributed by atoms with E-state index in [1.807, 2.05) is 23.6 Å². The molecule has 10 heteroatoms. The van der Waals surface area contributed by atoms with Crippen molar-refractivity contribution >= 4 is 41.5 Å². The monoisotopic (exact) mass is 457 g/mol. The van der Waals surface area contributed by atoms with Crippen molar-refractivity contribution in [3.8, 4) is 11.4 Å². The molecule has 0 spiro atoms. The van der Waals surface area contributed by atoms with Crippen molar-refractivity contribution < 1.29 is 14.3 Å². The Morgan fingerprint density at radius 3 is 2.52 bits per heavy atom. The van der Waals surface area contributed by atoms with Gasteiger partial charge in [0.15, 0.2) is 11.0 Å². The van der Waals surface area contributed by atoms with E-state index >= 15 is 0 Å². The molecule has 160 valence electrons. The third kappa shape index (κ3) is 5.93. The predicted octanol–water partition coefficient (Wildman–Crippen LogP) is 3.65. The molecule has 0 radical (unpaired) electrons. The summed E-state index contributed by atoms with van der Waals surface area (Å²) in [5.74, 6) is 0.173. The maximum atomic E-state index is 12.1. The molecule has 0 aliphatic heterocycles. The first kappa shape index (κ1) is 22.5. The van der Waals surface area contributed by atoms with Gasteiger partial charge in [0, 0.05) is 17.1 Å². The molecule has 0 saturated carbocycles. The molecule has 0 aliphatic rings. The Bertz CT molecular complexity index is 1080. The van der Waals surface area contributed by atoms with Crippen LogP contribution in [0.3, 0.4) is 0 Å². The Kier molecular flexibility index (Phi) is 7.80. The zero-order chi connectivity index (χ0) is 22.2. The minimum atomic E-state index is -0.409. The molecule has 0 saturated heterocycles. The van der Waals surface area contributed by atoms with E-state index in [9.17, 15) is 9.59 Å². The molecule has 2 aromatic carbocycles. The molecule has 0 aliphatic carbocycles. The number of thioether (sulfide) groups is 1. The fourth-order valence-electron chi connectivity index (χ4n) is 2.66. The van der Waals surface area contributed by atoms with Crippen molar-refractivity contribution in [3.63, 3.8) is 0 Å². The Morgan fingerprint density at radius 1 is 1.16 bits per heavy atom. The normalized spacial score (nSPS) is 10.9. The lowest BCUT2D eigenvalue weighted by Gasteiger charge is -2.07. The van der Waals surface area contributed by atoms with Crippen molar-refractivity contribution in [2.75, 3.05) is 12.9 Å². The zero-order valence-electron chi connectivity index (χ0n) is 16.9. The molecule has 0 fully saturated rings. The summed E-state index contributed by atoms with van der Waals surface area (Å²) in [5.41, 5.74) is 4.56. The van der Waals surface area contributed by atoms with Gasteiger partial charge in [-0.15, -0.1) is 10.2 Å². The highest BCUT2D eigenvalue weighted by molar-refractivity contribution is 7.99. The third-order valence-electron chi connectivity index (χ3n) is 4.20. The second-order valence-corrected chi connectivity index (χ2v) is 7.63. The first-order chi connectivity index (χ1) is 15.0. The summed E-state index contributed by atoms with van der Waals surface area (Å²) in [5, 5.41) is 13.7. The first-order valence-electron chi connectivity index (χ1n) is 9.34. The number of rotatable bonds is 8. The second-order valence-electron chi connectivity index (χ2n) is 6.25. The molecule has 0 atom stereocenters. The van der Waals surface area contributed by atoms with Gasteiger partial charge in [0.1, 0.15) is 0 Å². The molecule has 3 rings (SSSR count). The molecule has 8 nitrogen and oxygen atoms in total. The van der Waals surface area contributed by atoms with Crippen LogP contribution >= 0.6 is 23.4 Å². The number of halogens is 1. The van der Waals surface area contributed by atoms with Gasteiger partial charge in [-0.3, -0.25) is 4.79 Å². The van der Waals surface area contributed by atoms with Crippen LogP contribution in [0, 0.1) is 0 Å². The molecule has 3 aromatic rings. The summed E-state index contributed by atoms with van der Waals surface area (Å²) in [4.78, 5) is 23.6. The molecular weight excluding hydrogens is 438 g/mol. The fraction of sp³-hybridized carbons (Fsp3) is 0.190. The van der Waals surface area contributed by atoms with Crippen LogP contribution in [0.4, 0.5) is 0 Å². The maximum absolute atomic E-state index is 12.1. The van der Waals surface area contributed by atoms with E-state index in [4.69, 9.17) is 11.6 Å². The average Bonchev–Trinajstić information content (AvgIpc) is 3.21. The summed E-state index contributed by atoms with van der Waals surface area (Å²) in [6.45, 7) is 2.65. The van der Waals surface area contributed by atoms with E-state index in [1.54, 1.807) is 36.4 Å². The summed E-state index contributed by atoms with van der Waals surface area (Å²) < 4.78 is 6.59. The van der Waals surface area contributed by atoms with Crippen molar-refractivity contribution in [2.45, 2.75) is 18.6 Å². The second kappa shape index (κ2) is 10.7. The number of methoxy groups -OCH3 is 1. The summed E-state index contributed by atoms with van der Waals surface area (Å²) in [7, 11) is 1.33. The number of nitrogens with one attached hydrogen (secondary N) is 1. The highest BCUT2D eigenvalue weighted by Crippen LogP contribution is 2.25. The topological polar surface area (TPSA) is 98.5 Å². The number of nitrogens with zero attached hydrogens (tertiary/aromatic N) is 4. The SMILES string of the molecule is CCn1c(SCC(=O)NN=Cc2ccc(C(=O)OC)cc2)nnc1-c1ccc(Cl)cc1. The number of benzene rings is 2. The number of aromatic nitrogens is 3. The van der Waals surface area contributed by atoms with Gasteiger partial charge in [0.2, 0.25) is 0 Å². The lowest BCUT2D eigenvalue weighted by molar-refractivity contribution is -0.118. The molecule has 1 N–H and O–H groups in total. The van der Waals surface area contributed by atoms with Crippen LogP contribution in [-0.4, -0.2) is 45.7 Å². The van der Waals surface area contributed by atoms with Gasteiger partial charge in [-0.05, 0) is 48.9 Å². The van der Waals surface area contributed by atoms with Crippen LogP contribution in [0.5, 0.6) is 0 Å². The van der Waals surface area contributed by atoms with Gasteiger partial charge in [-0.1, -0.05) is 35.5 Å². The molecule has 31 heavy (non-hydrogen) atoms. The van der Waals surface area contributed by atoms with Gasteiger partial charge in [0.25, 0.3) is 5.91 Å². The Hall–Kier alpha value is -3.17. The lowest BCUT2D eigenvalue weighted by atomic mass is 10.1. The molecular formula is C21H20ClN5O3S. The van der Waals surface area contributed by atoms with E-state index in [-0.39, 0.29) is 11.7 Å². The number of ether oxygens (including phenoxy) is 1. The number of esters is 1. The van der Waals surface area contributed by atoms with Gasteiger partial charge in [-0.2, -0.15) is 5.10 Å². The number of amides is 1. The van der Waals surface area contributed by atoms with E-state index in [2.05, 4.69) is 25.5 Å². The summed E-state index contributed by atoms with van der Waals surface area (Å²) in [6, 6.07) is 14.0. The third-order valence-corrected chi connectivity index (χ3v) is 5.42. The highest BCUT2D eigenvalue weighted by atomic mass is 35.5. The molecule has 0 bridgehead atoms. The van der Waals surface area contributed by atoms with Crippen LogP contribution < -0.4 is 5.43 Å². The van der Waals surface area contributed by atoms with Gasteiger partial charge >= 0.3 is 5.97 Å². The van der Waals surface area contributed by atoms with Gasteiger partial charge in [-0.25, -0.2) is 10.2 Å². The van der Waals surface area contributed by atoms with Crippen molar-refractivity contribution in [1.82, 2.24) is 20.2 Å². The van der Waals surface area contributed by atoms with Crippen LogP contribution in [0.15, 0.2) is 58.8 Å². The minimum Gasteiger partial charge on any atom is -0.465 e. The van der Waals surface area contributed by atoms with Crippen LogP contribution in [0.2, 0.25) is 5.02 Å². The summed E-state index contributed by atoms with van der Waals surface area (Å²) >= 11 is 7.23. The minimum absolute atomic E-state index is 0.136. The fourth-order valence-corrected chi connectivity index (χ4v) is 3.58. The van der Waals surface area contributed by atoms with Crippen molar-refractivity contribution in [2.24, 2.45) is 5.10 Å². The van der Waals surface area contributed by atoms with Crippen LogP contribution in [0.25, 0.3) is 11.4 Å². The Balaban J connectivity index is 1.55. The smallest absolute Gasteiger partial charge is 0.337 e. The number of hydrogen-bond donors (Lipinski definition) is 1.